The van der Waals surface area contributed by atoms with Crippen LogP contribution in [0.2, 0.25) is 0 Å². The van der Waals surface area contributed by atoms with Gasteiger partial charge in [-0.05, 0) is 12.8 Å². The van der Waals surface area contributed by atoms with Gasteiger partial charge in [-0.15, -0.1) is 0 Å². The van der Waals surface area contributed by atoms with Gasteiger partial charge in [0, 0.05) is 32.2 Å². The van der Waals surface area contributed by atoms with Crippen molar-refractivity contribution in [3.8, 4) is 0 Å². The van der Waals surface area contributed by atoms with E-state index >= 15 is 0 Å². The van der Waals surface area contributed by atoms with Crippen LogP contribution in [0.15, 0.2) is 0 Å². The van der Waals surface area contributed by atoms with Crippen molar-refractivity contribution >= 4 is 6.09 Å². The van der Waals surface area contributed by atoms with Crippen molar-refractivity contribution < 1.29 is 9.53 Å². The molecule has 0 aromatic carbocycles. The van der Waals surface area contributed by atoms with Crippen molar-refractivity contribution in [2.45, 2.75) is 25.3 Å². The highest BCUT2D eigenvalue weighted by molar-refractivity contribution is 5.67. The van der Waals surface area contributed by atoms with Crippen LogP contribution in [0.1, 0.15) is 19.3 Å². The Morgan fingerprint density at radius 1 is 1.21 bits per heavy atom. The molecule has 1 saturated carbocycles. The molecular weight excluding hydrogens is 180 g/mol. The topological polar surface area (TPSA) is 32.8 Å². The lowest BCUT2D eigenvalue weighted by atomic mass is 9.91. The summed E-state index contributed by atoms with van der Waals surface area (Å²) in [5.41, 5.74) is 0. The molecule has 1 aliphatic heterocycles. The van der Waals surface area contributed by atoms with Crippen molar-refractivity contribution in [2.75, 3.05) is 33.3 Å². The van der Waals surface area contributed by atoms with Gasteiger partial charge in [0.25, 0.3) is 0 Å². The van der Waals surface area contributed by atoms with Crippen LogP contribution in [0.3, 0.4) is 0 Å². The molecule has 0 unspecified atom stereocenters. The monoisotopic (exact) mass is 198 g/mol. The molecule has 0 radical (unpaired) electrons. The lowest BCUT2D eigenvalue weighted by Crippen LogP contribution is -2.53. The van der Waals surface area contributed by atoms with Crippen LogP contribution < -0.4 is 0 Å². The normalized spacial score (nSPS) is 24.5. The average Bonchev–Trinajstić information content (AvgIpc) is 2.15. The number of rotatable bonds is 1. The summed E-state index contributed by atoms with van der Waals surface area (Å²) in [6.07, 6.45) is 3.89. The first-order chi connectivity index (χ1) is 6.81. The van der Waals surface area contributed by atoms with Crippen LogP contribution in [0.4, 0.5) is 4.79 Å². The largest absolute Gasteiger partial charge is 0.453 e. The van der Waals surface area contributed by atoms with Crippen molar-refractivity contribution in [1.29, 1.82) is 0 Å². The zero-order chi connectivity index (χ0) is 9.97. The fourth-order valence-corrected chi connectivity index (χ4v) is 2.15. The van der Waals surface area contributed by atoms with E-state index in [9.17, 15) is 4.79 Å². The first-order valence-electron chi connectivity index (χ1n) is 5.38. The molecule has 0 aromatic heterocycles. The first kappa shape index (κ1) is 9.77. The minimum atomic E-state index is -0.182. The number of piperazine rings is 1. The molecule has 80 valence electrons. The van der Waals surface area contributed by atoms with E-state index < -0.39 is 0 Å². The molecule has 0 spiro atoms. The zero-order valence-electron chi connectivity index (χ0n) is 8.74. The maximum atomic E-state index is 11.2. The maximum absolute atomic E-state index is 11.2. The smallest absolute Gasteiger partial charge is 0.409 e. The molecule has 4 heteroatoms. The van der Waals surface area contributed by atoms with E-state index in [0.29, 0.717) is 0 Å². The lowest BCUT2D eigenvalue weighted by molar-refractivity contribution is 0.0535. The Morgan fingerprint density at radius 3 is 2.29 bits per heavy atom. The number of methoxy groups -OCH3 is 1. The SMILES string of the molecule is COC(=O)N1CCN(C2CCC2)CC1. The van der Waals surface area contributed by atoms with Gasteiger partial charge in [-0.2, -0.15) is 0 Å². The highest BCUT2D eigenvalue weighted by Gasteiger charge is 2.29. The third-order valence-electron chi connectivity index (χ3n) is 3.34. The van der Waals surface area contributed by atoms with E-state index in [0.717, 1.165) is 32.2 Å². The molecule has 0 atom stereocenters. The number of hydrogen-bond donors (Lipinski definition) is 0. The van der Waals surface area contributed by atoms with E-state index in [1.165, 1.54) is 26.4 Å². The second-order valence-electron chi connectivity index (χ2n) is 4.08. The molecule has 0 aromatic rings. The fraction of sp³-hybridized carbons (Fsp3) is 0.900. The Kier molecular flexibility index (Phi) is 2.91. The number of ether oxygens (including phenoxy) is 1. The van der Waals surface area contributed by atoms with E-state index in [2.05, 4.69) is 4.90 Å². The van der Waals surface area contributed by atoms with Gasteiger partial charge in [0.1, 0.15) is 0 Å². The molecule has 2 fully saturated rings. The van der Waals surface area contributed by atoms with E-state index in [1.54, 1.807) is 4.90 Å². The summed E-state index contributed by atoms with van der Waals surface area (Å²) in [7, 11) is 1.45. The average molecular weight is 198 g/mol. The van der Waals surface area contributed by atoms with Crippen LogP contribution in [0.25, 0.3) is 0 Å². The van der Waals surface area contributed by atoms with Gasteiger partial charge >= 0.3 is 6.09 Å². The summed E-state index contributed by atoms with van der Waals surface area (Å²) in [5, 5.41) is 0. The Balaban J connectivity index is 1.76. The van der Waals surface area contributed by atoms with Crippen LogP contribution in [0.5, 0.6) is 0 Å². The van der Waals surface area contributed by atoms with Crippen LogP contribution in [-0.4, -0.2) is 55.2 Å². The molecule has 1 amide bonds. The van der Waals surface area contributed by atoms with Gasteiger partial charge in [-0.3, -0.25) is 4.90 Å². The maximum Gasteiger partial charge on any atom is 0.409 e. The Bertz CT molecular complexity index is 208. The van der Waals surface area contributed by atoms with Gasteiger partial charge in [0.2, 0.25) is 0 Å². The molecule has 14 heavy (non-hydrogen) atoms. The van der Waals surface area contributed by atoms with Crippen molar-refractivity contribution in [3.05, 3.63) is 0 Å². The van der Waals surface area contributed by atoms with Gasteiger partial charge in [-0.1, -0.05) is 6.42 Å². The molecule has 1 saturated heterocycles. The fourth-order valence-electron chi connectivity index (χ4n) is 2.15. The standard InChI is InChI=1S/C10H18N2O2/c1-14-10(13)12-7-5-11(6-8-12)9-3-2-4-9/h9H,2-8H2,1H3. The summed E-state index contributed by atoms with van der Waals surface area (Å²) in [4.78, 5) is 15.5. The first-order valence-corrected chi connectivity index (χ1v) is 5.38. The summed E-state index contributed by atoms with van der Waals surface area (Å²) in [6.45, 7) is 3.67. The van der Waals surface area contributed by atoms with Crippen molar-refractivity contribution in [2.24, 2.45) is 0 Å². The number of amides is 1. The summed E-state index contributed by atoms with van der Waals surface area (Å²) in [6, 6.07) is 0.801. The Hall–Kier alpha value is -0.770. The molecule has 1 aliphatic carbocycles. The van der Waals surface area contributed by atoms with Gasteiger partial charge < -0.3 is 9.64 Å². The van der Waals surface area contributed by atoms with E-state index in [1.807, 2.05) is 0 Å². The van der Waals surface area contributed by atoms with Crippen molar-refractivity contribution in [3.63, 3.8) is 0 Å². The predicted octanol–water partition coefficient (Wildman–Crippen LogP) is 0.923. The second-order valence-corrected chi connectivity index (χ2v) is 4.08. The quantitative estimate of drug-likeness (QED) is 0.628. The molecule has 0 bridgehead atoms. The number of hydrogen-bond acceptors (Lipinski definition) is 3. The molecule has 1 heterocycles. The van der Waals surface area contributed by atoms with Crippen LogP contribution in [0, 0.1) is 0 Å². The third kappa shape index (κ3) is 1.85. The number of carbonyl (C=O) groups excluding carboxylic acids is 1. The summed E-state index contributed by atoms with van der Waals surface area (Å²) in [5.74, 6) is 0. The molecule has 4 nitrogen and oxygen atoms in total. The summed E-state index contributed by atoms with van der Waals surface area (Å²) < 4.78 is 4.69. The predicted molar refractivity (Wildman–Crippen MR) is 53.2 cm³/mol. The number of nitrogens with zero attached hydrogens (tertiary/aromatic N) is 2. The van der Waals surface area contributed by atoms with E-state index in [4.69, 9.17) is 4.74 Å². The molecular formula is C10H18N2O2. The number of carbonyl (C=O) groups is 1. The van der Waals surface area contributed by atoms with Gasteiger partial charge in [0.15, 0.2) is 0 Å². The Labute approximate surface area is 84.8 Å². The zero-order valence-corrected chi connectivity index (χ0v) is 8.74. The summed E-state index contributed by atoms with van der Waals surface area (Å²) >= 11 is 0. The highest BCUT2D eigenvalue weighted by atomic mass is 16.5. The third-order valence-corrected chi connectivity index (χ3v) is 3.34. The highest BCUT2D eigenvalue weighted by Crippen LogP contribution is 2.25. The van der Waals surface area contributed by atoms with Crippen LogP contribution >= 0.6 is 0 Å². The second kappa shape index (κ2) is 4.17. The minimum absolute atomic E-state index is 0.182. The molecule has 0 N–H and O–H groups in total. The van der Waals surface area contributed by atoms with Gasteiger partial charge in [0.05, 0.1) is 7.11 Å². The minimum Gasteiger partial charge on any atom is -0.453 e. The van der Waals surface area contributed by atoms with E-state index in [-0.39, 0.29) is 6.09 Å². The van der Waals surface area contributed by atoms with Crippen molar-refractivity contribution in [1.82, 2.24) is 9.80 Å². The molecule has 2 aliphatic rings. The van der Waals surface area contributed by atoms with Gasteiger partial charge in [-0.25, -0.2) is 4.79 Å². The Morgan fingerprint density at radius 2 is 1.86 bits per heavy atom. The molecule has 2 rings (SSSR count). The van der Waals surface area contributed by atoms with Crippen LogP contribution in [-0.2, 0) is 4.74 Å². The lowest BCUT2D eigenvalue weighted by Gasteiger charge is -2.42.